The average molecular weight is 503 g/mol. The number of esters is 1. The van der Waals surface area contributed by atoms with Gasteiger partial charge in [0, 0.05) is 23.7 Å². The Hall–Kier alpha value is -2.94. The number of nitrogens with one attached hydrogen (secondary N) is 1. The quantitative estimate of drug-likeness (QED) is 0.471. The Balaban J connectivity index is 1.83. The molecular formula is C27H35FN2O6. The Morgan fingerprint density at radius 3 is 2.44 bits per heavy atom. The van der Waals surface area contributed by atoms with Gasteiger partial charge in [0.05, 0.1) is 23.4 Å². The third kappa shape index (κ3) is 5.26. The average Bonchev–Trinajstić information content (AvgIpc) is 3.39. The fourth-order valence-electron chi connectivity index (χ4n) is 5.43. The molecule has 1 unspecified atom stereocenters. The number of ether oxygens (including phenoxy) is 2. The van der Waals surface area contributed by atoms with Crippen LogP contribution in [0.25, 0.3) is 10.9 Å². The highest BCUT2D eigenvalue weighted by molar-refractivity contribution is 5.86. The monoisotopic (exact) mass is 502 g/mol. The largest absolute Gasteiger partial charge is 0.479 e. The molecule has 1 aromatic heterocycles. The molecule has 36 heavy (non-hydrogen) atoms. The van der Waals surface area contributed by atoms with E-state index in [9.17, 15) is 19.5 Å². The van der Waals surface area contributed by atoms with Gasteiger partial charge in [-0.2, -0.15) is 0 Å². The van der Waals surface area contributed by atoms with Crippen molar-refractivity contribution in [3.05, 3.63) is 39.9 Å². The summed E-state index contributed by atoms with van der Waals surface area (Å²) in [6, 6.07) is 3.11. The molecule has 1 heterocycles. The standard InChI is InChI=1S/C27H35FN2O6/c1-3-35-24(31)16-36-27(2,26(33)34)20-15-30(18-11-7-8-12-18)23-14-22(21(28)13-19(23)25(20)32)29-17-9-5-4-6-10-17/h13-15,17-18,29H,3-12,16H2,1-2H3,(H,33,34). The van der Waals surface area contributed by atoms with E-state index in [4.69, 9.17) is 9.47 Å². The minimum Gasteiger partial charge on any atom is -0.479 e. The maximum Gasteiger partial charge on any atom is 0.340 e. The lowest BCUT2D eigenvalue weighted by Crippen LogP contribution is -2.42. The summed E-state index contributed by atoms with van der Waals surface area (Å²) >= 11 is 0. The predicted molar refractivity (Wildman–Crippen MR) is 134 cm³/mol. The van der Waals surface area contributed by atoms with E-state index in [1.807, 2.05) is 4.57 Å². The van der Waals surface area contributed by atoms with Crippen molar-refractivity contribution < 1.29 is 28.6 Å². The maximum atomic E-state index is 15.3. The number of carbonyl (C=O) groups is 2. The first-order valence-electron chi connectivity index (χ1n) is 12.9. The normalized spacial score (nSPS) is 18.8. The first-order valence-corrected chi connectivity index (χ1v) is 12.9. The maximum absolute atomic E-state index is 15.3. The van der Waals surface area contributed by atoms with Gasteiger partial charge in [-0.25, -0.2) is 14.0 Å². The number of fused-ring (bicyclic) bond motifs is 1. The van der Waals surface area contributed by atoms with Crippen molar-refractivity contribution in [3.63, 3.8) is 0 Å². The fraction of sp³-hybridized carbons (Fsp3) is 0.593. The SMILES string of the molecule is CCOC(=O)COC(C)(C(=O)O)c1cn(C2CCCC2)c2cc(NC3CCCCC3)c(F)cc2c1=O. The summed E-state index contributed by atoms with van der Waals surface area (Å²) in [6.07, 6.45) is 10.6. The fourth-order valence-corrected chi connectivity index (χ4v) is 5.43. The third-order valence-corrected chi connectivity index (χ3v) is 7.51. The zero-order valence-electron chi connectivity index (χ0n) is 21.0. The third-order valence-electron chi connectivity index (χ3n) is 7.51. The Morgan fingerprint density at radius 1 is 1.14 bits per heavy atom. The van der Waals surface area contributed by atoms with Crippen LogP contribution in [0.1, 0.15) is 83.2 Å². The second-order valence-electron chi connectivity index (χ2n) is 9.98. The van der Waals surface area contributed by atoms with Crippen molar-refractivity contribution in [2.75, 3.05) is 18.5 Å². The molecule has 0 saturated heterocycles. The van der Waals surface area contributed by atoms with Crippen molar-refractivity contribution in [2.45, 2.75) is 89.3 Å². The molecule has 4 rings (SSSR count). The lowest BCUT2D eigenvalue weighted by atomic mass is 9.94. The molecule has 9 heteroatoms. The topological polar surface area (TPSA) is 107 Å². The van der Waals surface area contributed by atoms with E-state index in [1.54, 1.807) is 13.0 Å². The molecule has 196 valence electrons. The molecule has 2 aliphatic rings. The highest BCUT2D eigenvalue weighted by Gasteiger charge is 2.41. The molecule has 2 aliphatic carbocycles. The van der Waals surface area contributed by atoms with Crippen molar-refractivity contribution >= 4 is 28.5 Å². The van der Waals surface area contributed by atoms with Gasteiger partial charge in [0.15, 0.2) is 11.0 Å². The summed E-state index contributed by atoms with van der Waals surface area (Å²) in [6.45, 7) is 2.36. The highest BCUT2D eigenvalue weighted by Crippen LogP contribution is 2.35. The summed E-state index contributed by atoms with van der Waals surface area (Å²) in [5.41, 5.74) is -1.97. The van der Waals surface area contributed by atoms with Gasteiger partial charge in [-0.15, -0.1) is 0 Å². The number of aromatic nitrogens is 1. The number of carboxylic acid groups (broad SMARTS) is 1. The molecule has 2 N–H and O–H groups in total. The van der Waals surface area contributed by atoms with Crippen LogP contribution in [0.2, 0.25) is 0 Å². The lowest BCUT2D eigenvalue weighted by Gasteiger charge is -2.28. The van der Waals surface area contributed by atoms with Gasteiger partial charge >= 0.3 is 11.9 Å². The number of rotatable bonds is 9. The highest BCUT2D eigenvalue weighted by atomic mass is 19.1. The number of benzene rings is 1. The van der Waals surface area contributed by atoms with E-state index in [2.05, 4.69) is 5.32 Å². The van der Waals surface area contributed by atoms with Gasteiger partial charge < -0.3 is 24.5 Å². The van der Waals surface area contributed by atoms with Gasteiger partial charge in [-0.05, 0) is 51.7 Å². The van der Waals surface area contributed by atoms with Gasteiger partial charge in [-0.3, -0.25) is 4.79 Å². The van der Waals surface area contributed by atoms with Crippen LogP contribution >= 0.6 is 0 Å². The van der Waals surface area contributed by atoms with Crippen LogP contribution in [-0.4, -0.2) is 40.9 Å². The van der Waals surface area contributed by atoms with Crippen LogP contribution < -0.4 is 10.7 Å². The van der Waals surface area contributed by atoms with E-state index in [1.165, 1.54) is 25.6 Å². The molecule has 1 atom stereocenters. The van der Waals surface area contributed by atoms with E-state index >= 15 is 4.39 Å². The van der Waals surface area contributed by atoms with Crippen LogP contribution in [0.5, 0.6) is 0 Å². The lowest BCUT2D eigenvalue weighted by molar-refractivity contribution is -0.172. The van der Waals surface area contributed by atoms with E-state index < -0.39 is 35.4 Å². The van der Waals surface area contributed by atoms with Gasteiger partial charge in [-0.1, -0.05) is 32.1 Å². The molecule has 0 bridgehead atoms. The smallest absolute Gasteiger partial charge is 0.340 e. The number of pyridine rings is 1. The molecule has 0 spiro atoms. The molecule has 0 amide bonds. The predicted octanol–water partition coefficient (Wildman–Crippen LogP) is 4.88. The van der Waals surface area contributed by atoms with E-state index in [0.29, 0.717) is 11.2 Å². The number of halogens is 1. The van der Waals surface area contributed by atoms with Gasteiger partial charge in [0.2, 0.25) is 0 Å². The van der Waals surface area contributed by atoms with Gasteiger partial charge in [0.25, 0.3) is 0 Å². The zero-order chi connectivity index (χ0) is 25.9. The van der Waals surface area contributed by atoms with Crippen molar-refractivity contribution in [3.8, 4) is 0 Å². The summed E-state index contributed by atoms with van der Waals surface area (Å²) in [5.74, 6) is -2.70. The molecule has 2 fully saturated rings. The van der Waals surface area contributed by atoms with Crippen LogP contribution in [-0.2, 0) is 24.7 Å². The van der Waals surface area contributed by atoms with E-state index in [-0.39, 0.29) is 29.6 Å². The molecule has 8 nitrogen and oxygen atoms in total. The Morgan fingerprint density at radius 2 is 1.81 bits per heavy atom. The van der Waals surface area contributed by atoms with Crippen LogP contribution in [0.4, 0.5) is 10.1 Å². The zero-order valence-corrected chi connectivity index (χ0v) is 21.0. The van der Waals surface area contributed by atoms with Crippen LogP contribution in [0.15, 0.2) is 23.1 Å². The number of anilines is 1. The first-order chi connectivity index (χ1) is 17.2. The summed E-state index contributed by atoms with van der Waals surface area (Å²) in [5, 5.41) is 13.5. The van der Waals surface area contributed by atoms with Crippen molar-refractivity contribution in [2.24, 2.45) is 0 Å². The molecule has 2 saturated carbocycles. The number of carboxylic acids is 1. The molecule has 1 aromatic carbocycles. The summed E-state index contributed by atoms with van der Waals surface area (Å²) < 4.78 is 27.5. The number of carbonyl (C=O) groups excluding carboxylic acids is 1. The summed E-state index contributed by atoms with van der Waals surface area (Å²) in [4.78, 5) is 37.8. The minimum absolute atomic E-state index is 0.0444. The second-order valence-corrected chi connectivity index (χ2v) is 9.98. The van der Waals surface area contributed by atoms with Gasteiger partial charge in [0.1, 0.15) is 12.4 Å². The van der Waals surface area contributed by atoms with Crippen LogP contribution in [0, 0.1) is 5.82 Å². The van der Waals surface area contributed by atoms with Crippen molar-refractivity contribution in [1.82, 2.24) is 4.57 Å². The Labute approximate surface area is 209 Å². The van der Waals surface area contributed by atoms with Crippen LogP contribution in [0.3, 0.4) is 0 Å². The number of hydrogen-bond acceptors (Lipinski definition) is 6. The Bertz CT molecular complexity index is 1180. The summed E-state index contributed by atoms with van der Waals surface area (Å²) in [7, 11) is 0. The van der Waals surface area contributed by atoms with Crippen molar-refractivity contribution in [1.29, 1.82) is 0 Å². The van der Waals surface area contributed by atoms with E-state index in [0.717, 1.165) is 51.4 Å². The number of hydrogen-bond donors (Lipinski definition) is 2. The minimum atomic E-state index is -2.12. The molecule has 2 aromatic rings. The molecular weight excluding hydrogens is 467 g/mol. The number of aliphatic carboxylic acids is 1. The Kier molecular flexibility index (Phi) is 7.97. The second kappa shape index (κ2) is 11.0. The molecule has 0 radical (unpaired) electrons. The number of nitrogens with zero attached hydrogens (tertiary/aromatic N) is 1. The molecule has 0 aliphatic heterocycles. The first kappa shape index (κ1) is 26.1.